The van der Waals surface area contributed by atoms with Crippen LogP contribution in [0, 0.1) is 0 Å². The minimum absolute atomic E-state index is 0. The molecule has 0 radical (unpaired) electrons. The minimum Gasteiger partial charge on any atom is -0.0776 e. The van der Waals surface area contributed by atoms with Gasteiger partial charge < -0.3 is 0 Å². The molecule has 0 N–H and O–H groups in total. The second-order valence-corrected chi connectivity index (χ2v) is 0. The fourth-order valence-electron chi connectivity index (χ4n) is 0. The van der Waals surface area contributed by atoms with Gasteiger partial charge in [-0.25, -0.2) is 0 Å². The molecular weight excluding hydrogens is 150 g/mol. The molecule has 30 valence electrons. The standard InChI is InChI=1S/CH4.Al.Cr.Ni.3H/h1H4;;;;;;. The zero-order chi connectivity index (χ0) is 0. The molecule has 0 rings (SSSR count). The van der Waals surface area contributed by atoms with Gasteiger partial charge in [-0.15, -0.1) is 0 Å². The second kappa shape index (κ2) is 23.8. The summed E-state index contributed by atoms with van der Waals surface area (Å²) in [6, 6.07) is 0. The van der Waals surface area contributed by atoms with Crippen molar-refractivity contribution in [1.82, 2.24) is 0 Å². The van der Waals surface area contributed by atoms with E-state index in [1.165, 1.54) is 0 Å². The van der Waals surface area contributed by atoms with Crippen molar-refractivity contribution in [2.75, 3.05) is 0 Å². The van der Waals surface area contributed by atoms with Crippen molar-refractivity contribution < 1.29 is 33.9 Å². The fourth-order valence-corrected chi connectivity index (χ4v) is 0. The molecule has 0 aromatic rings. The molecule has 4 heavy (non-hydrogen) atoms. The molecule has 0 aromatic carbocycles. The molecule has 0 spiro atoms. The first kappa shape index (κ1) is 47.6. The van der Waals surface area contributed by atoms with E-state index >= 15 is 0 Å². The van der Waals surface area contributed by atoms with E-state index in [-0.39, 0.29) is 58.6 Å². The van der Waals surface area contributed by atoms with E-state index in [0.29, 0.717) is 0 Å². The molecule has 0 amide bonds. The molecule has 0 atom stereocenters. The molecule has 0 saturated carbocycles. The van der Waals surface area contributed by atoms with E-state index < -0.39 is 0 Å². The molecule has 0 aliphatic rings. The van der Waals surface area contributed by atoms with Gasteiger partial charge in [-0.05, 0) is 0 Å². The molecule has 0 bridgehead atoms. The molecule has 0 aliphatic carbocycles. The van der Waals surface area contributed by atoms with Crippen LogP contribution in [0.25, 0.3) is 0 Å². The van der Waals surface area contributed by atoms with Crippen LogP contribution in [0.5, 0.6) is 0 Å². The Bertz CT molecular complexity index is 8.00. The summed E-state index contributed by atoms with van der Waals surface area (Å²) in [4.78, 5) is 0. The smallest absolute Gasteiger partial charge is 0.0776 e. The molecule has 0 heterocycles. The first-order valence-electron chi connectivity index (χ1n) is 0. The molecule has 0 nitrogen and oxygen atoms in total. The average Bonchev–Trinajstić information content (AvgIpc) is 0. The SMILES string of the molecule is C.[AlH3].[Cr].[Ni]. The Morgan fingerprint density at radius 2 is 1.00 bits per heavy atom. The van der Waals surface area contributed by atoms with Gasteiger partial charge in [0, 0.05) is 33.9 Å². The topological polar surface area (TPSA) is 0 Å². The van der Waals surface area contributed by atoms with Crippen molar-refractivity contribution in [3.8, 4) is 0 Å². The summed E-state index contributed by atoms with van der Waals surface area (Å²) in [6.07, 6.45) is 0. The van der Waals surface area contributed by atoms with Gasteiger partial charge in [-0.3, -0.25) is 0 Å². The van der Waals surface area contributed by atoms with Crippen molar-refractivity contribution in [1.29, 1.82) is 0 Å². The summed E-state index contributed by atoms with van der Waals surface area (Å²) < 4.78 is 0. The van der Waals surface area contributed by atoms with Crippen molar-refractivity contribution in [3.05, 3.63) is 0 Å². The summed E-state index contributed by atoms with van der Waals surface area (Å²) >= 11 is 0. The number of hydrogen-bond acceptors (Lipinski definition) is 0. The summed E-state index contributed by atoms with van der Waals surface area (Å²) in [5.41, 5.74) is 0. The van der Waals surface area contributed by atoms with Gasteiger partial charge in [0.05, 0.1) is 0 Å². The number of rotatable bonds is 0. The largest absolute Gasteiger partial charge is 0.187 e. The maximum absolute atomic E-state index is 0. The fraction of sp³-hybridized carbons (Fsp3) is 1.00. The van der Waals surface area contributed by atoms with Gasteiger partial charge in [-0.2, -0.15) is 0 Å². The zero-order valence-corrected chi connectivity index (χ0v) is 2.99. The first-order chi connectivity index (χ1) is 0. The summed E-state index contributed by atoms with van der Waals surface area (Å²) in [6.45, 7) is 0. The van der Waals surface area contributed by atoms with Crippen LogP contribution in [-0.4, -0.2) is 17.4 Å². The monoisotopic (exact) mass is 156 g/mol. The van der Waals surface area contributed by atoms with Gasteiger partial charge in [0.25, 0.3) is 0 Å². The zero-order valence-electron chi connectivity index (χ0n) is 0.724. The maximum Gasteiger partial charge on any atom is 0.187 e. The Morgan fingerprint density at radius 3 is 1.00 bits per heavy atom. The van der Waals surface area contributed by atoms with E-state index in [0.717, 1.165) is 0 Å². The van der Waals surface area contributed by atoms with Crippen LogP contribution >= 0.6 is 0 Å². The van der Waals surface area contributed by atoms with Crippen LogP contribution in [0.3, 0.4) is 0 Å². The summed E-state index contributed by atoms with van der Waals surface area (Å²) in [5.74, 6) is 0. The Labute approximate surface area is 58.5 Å². The molecule has 0 saturated heterocycles. The number of hydrogen-bond donors (Lipinski definition) is 0. The van der Waals surface area contributed by atoms with Gasteiger partial charge in [-0.1, -0.05) is 7.43 Å². The van der Waals surface area contributed by atoms with Gasteiger partial charge in [0.15, 0.2) is 17.4 Å². The van der Waals surface area contributed by atoms with Gasteiger partial charge in [0.1, 0.15) is 0 Å². The van der Waals surface area contributed by atoms with E-state index in [1.54, 1.807) is 0 Å². The Hall–Kier alpha value is 1.56. The van der Waals surface area contributed by atoms with Crippen LogP contribution in [-0.2, 0) is 33.9 Å². The summed E-state index contributed by atoms with van der Waals surface area (Å²) in [7, 11) is 0. The van der Waals surface area contributed by atoms with E-state index in [1.807, 2.05) is 0 Å². The average molecular weight is 157 g/mol. The molecule has 3 heteroatoms. The van der Waals surface area contributed by atoms with Crippen LogP contribution < -0.4 is 0 Å². The molecule has 0 fully saturated rings. The van der Waals surface area contributed by atoms with Crippen LogP contribution in [0.15, 0.2) is 0 Å². The Kier molecular flexibility index (Phi) is 283. The predicted octanol–water partition coefficient (Wildman–Crippen LogP) is -0.553. The van der Waals surface area contributed by atoms with Crippen LogP contribution in [0.1, 0.15) is 7.43 Å². The van der Waals surface area contributed by atoms with Gasteiger partial charge >= 0.3 is 0 Å². The third-order valence-corrected chi connectivity index (χ3v) is 0. The summed E-state index contributed by atoms with van der Waals surface area (Å²) in [5, 5.41) is 0. The maximum atomic E-state index is 0. The van der Waals surface area contributed by atoms with E-state index in [2.05, 4.69) is 0 Å². The van der Waals surface area contributed by atoms with E-state index in [4.69, 9.17) is 0 Å². The molecule has 0 aromatic heterocycles. The Morgan fingerprint density at radius 1 is 1.00 bits per heavy atom. The van der Waals surface area contributed by atoms with Crippen molar-refractivity contribution in [2.24, 2.45) is 0 Å². The van der Waals surface area contributed by atoms with Crippen molar-refractivity contribution in [2.45, 2.75) is 7.43 Å². The van der Waals surface area contributed by atoms with Gasteiger partial charge in [0.2, 0.25) is 0 Å². The second-order valence-electron chi connectivity index (χ2n) is 0. The molecule has 0 unspecified atom stereocenters. The Balaban J connectivity index is 0. The first-order valence-corrected chi connectivity index (χ1v) is 0. The minimum atomic E-state index is 0. The molecular formula is CH7AlCrNi. The normalized spacial score (nSPS) is 0. The third kappa shape index (κ3) is 9.59. The third-order valence-electron chi connectivity index (χ3n) is 0. The van der Waals surface area contributed by atoms with Crippen molar-refractivity contribution in [3.63, 3.8) is 0 Å². The quantitative estimate of drug-likeness (QED) is 0.413. The van der Waals surface area contributed by atoms with Crippen LogP contribution in [0.4, 0.5) is 0 Å². The molecule has 0 aliphatic heterocycles. The van der Waals surface area contributed by atoms with Crippen molar-refractivity contribution >= 4 is 17.4 Å². The van der Waals surface area contributed by atoms with Crippen LogP contribution in [0.2, 0.25) is 0 Å². The van der Waals surface area contributed by atoms with E-state index in [9.17, 15) is 0 Å². The predicted molar refractivity (Wildman–Crippen MR) is 16.7 cm³/mol.